The number of aliphatic hydroxyl groups excluding tert-OH is 1. The molecule has 0 spiro atoms. The number of carbonyl (C=O) groups is 1. The number of benzene rings is 2. The number of methoxy groups -OCH3 is 1. The molecule has 0 aliphatic heterocycles. The zero-order valence-electron chi connectivity index (χ0n) is 14.6. The second-order valence-corrected chi connectivity index (χ2v) is 7.57. The van der Waals surface area contributed by atoms with Crippen LogP contribution in [0.1, 0.15) is 6.92 Å². The van der Waals surface area contributed by atoms with Crippen LogP contribution in [0.3, 0.4) is 0 Å². The van der Waals surface area contributed by atoms with Crippen molar-refractivity contribution in [1.82, 2.24) is 4.72 Å². The molecule has 0 aliphatic rings. The molecular weight excluding hydrogens is 344 g/mol. The van der Waals surface area contributed by atoms with E-state index in [0.717, 1.165) is 18.2 Å². The molecule has 0 saturated heterocycles. The first kappa shape index (κ1) is 19.2. The number of esters is 1. The molecule has 2 aromatic rings. The molecule has 0 aliphatic carbocycles. The highest BCUT2D eigenvalue weighted by Gasteiger charge is 2.31. The topological polar surface area (TPSA) is 95.9 Å². The van der Waals surface area contributed by atoms with Crippen molar-refractivity contribution in [2.24, 2.45) is 0 Å². The van der Waals surface area contributed by atoms with Crippen LogP contribution < -0.4 is 9.62 Å². The van der Waals surface area contributed by atoms with Crippen LogP contribution in [0.4, 0.5) is 5.69 Å². The highest BCUT2D eigenvalue weighted by Crippen LogP contribution is 2.30. The van der Waals surface area contributed by atoms with Crippen LogP contribution >= 0.6 is 0 Å². The van der Waals surface area contributed by atoms with Gasteiger partial charge < -0.3 is 14.7 Å². The lowest BCUT2D eigenvalue weighted by molar-refractivity contribution is -0.145. The Hall–Kier alpha value is -2.16. The average Bonchev–Trinajstić information content (AvgIpc) is 2.57. The van der Waals surface area contributed by atoms with Gasteiger partial charge in [0.15, 0.2) is 0 Å². The van der Waals surface area contributed by atoms with E-state index >= 15 is 0 Å². The standard InChI is InChI=1S/C17H22N2O5S/c1-11(20)16(17(21)24-4)18-25(22,23)15-10-6-7-12-13(15)8-5-9-14(12)19(2)3/h5-11,16,18,20H,1-4H3/t11-,16+/m1/s1. The molecule has 2 N–H and O–H groups in total. The Morgan fingerprint density at radius 2 is 1.76 bits per heavy atom. The number of nitrogens with zero attached hydrogens (tertiary/aromatic N) is 1. The van der Waals surface area contributed by atoms with Crippen LogP contribution in [-0.4, -0.2) is 52.8 Å². The number of sulfonamides is 1. The molecule has 2 rings (SSSR count). The Morgan fingerprint density at radius 1 is 1.16 bits per heavy atom. The van der Waals surface area contributed by atoms with Gasteiger partial charge >= 0.3 is 5.97 Å². The first-order valence-corrected chi connectivity index (χ1v) is 9.14. The van der Waals surface area contributed by atoms with E-state index in [2.05, 4.69) is 9.46 Å². The zero-order chi connectivity index (χ0) is 18.8. The maximum Gasteiger partial charge on any atom is 0.326 e. The molecule has 136 valence electrons. The molecule has 8 heteroatoms. The molecule has 7 nitrogen and oxygen atoms in total. The summed E-state index contributed by atoms with van der Waals surface area (Å²) in [7, 11) is 0.814. The Labute approximate surface area is 147 Å². The van der Waals surface area contributed by atoms with Crippen molar-refractivity contribution in [3.05, 3.63) is 36.4 Å². The smallest absolute Gasteiger partial charge is 0.326 e. The molecule has 0 bridgehead atoms. The van der Waals surface area contributed by atoms with Crippen LogP contribution in [-0.2, 0) is 19.6 Å². The van der Waals surface area contributed by atoms with Gasteiger partial charge in [0.1, 0.15) is 6.04 Å². The summed E-state index contributed by atoms with van der Waals surface area (Å²) in [6.07, 6.45) is -1.24. The largest absolute Gasteiger partial charge is 0.468 e. The van der Waals surface area contributed by atoms with E-state index in [4.69, 9.17) is 0 Å². The molecule has 0 amide bonds. The molecular formula is C17H22N2O5S. The molecule has 0 saturated carbocycles. The quantitative estimate of drug-likeness (QED) is 0.744. The van der Waals surface area contributed by atoms with Crippen molar-refractivity contribution < 1.29 is 23.1 Å². The van der Waals surface area contributed by atoms with Gasteiger partial charge in [0.2, 0.25) is 10.0 Å². The lowest BCUT2D eigenvalue weighted by Gasteiger charge is -2.20. The van der Waals surface area contributed by atoms with Gasteiger partial charge in [0.25, 0.3) is 0 Å². The summed E-state index contributed by atoms with van der Waals surface area (Å²) in [6, 6.07) is 8.90. The van der Waals surface area contributed by atoms with Crippen LogP contribution in [0, 0.1) is 0 Å². The van der Waals surface area contributed by atoms with Crippen molar-refractivity contribution in [3.8, 4) is 0 Å². The van der Waals surface area contributed by atoms with Crippen LogP contribution in [0.25, 0.3) is 10.8 Å². The molecule has 25 heavy (non-hydrogen) atoms. The number of nitrogens with one attached hydrogen (secondary N) is 1. The van der Waals surface area contributed by atoms with Crippen molar-refractivity contribution in [2.45, 2.75) is 24.0 Å². The Kier molecular flexibility index (Phi) is 5.66. The minimum Gasteiger partial charge on any atom is -0.468 e. The number of carbonyl (C=O) groups excluding carboxylic acids is 1. The number of aliphatic hydroxyl groups is 1. The number of hydrogen-bond donors (Lipinski definition) is 2. The van der Waals surface area contributed by atoms with Gasteiger partial charge in [-0.1, -0.05) is 24.3 Å². The number of fused-ring (bicyclic) bond motifs is 1. The second-order valence-electron chi connectivity index (χ2n) is 5.89. The third-order valence-corrected chi connectivity index (χ3v) is 5.35. The fourth-order valence-corrected chi connectivity index (χ4v) is 4.07. The average molecular weight is 366 g/mol. The lowest BCUT2D eigenvalue weighted by Crippen LogP contribution is -2.48. The van der Waals surface area contributed by atoms with Gasteiger partial charge in [0, 0.05) is 30.6 Å². The van der Waals surface area contributed by atoms with Gasteiger partial charge in [-0.05, 0) is 19.1 Å². The van der Waals surface area contributed by atoms with Crippen molar-refractivity contribution in [1.29, 1.82) is 0 Å². The summed E-state index contributed by atoms with van der Waals surface area (Å²) in [6.45, 7) is 1.32. The Balaban J connectivity index is 2.57. The van der Waals surface area contributed by atoms with Crippen LogP contribution in [0.5, 0.6) is 0 Å². The van der Waals surface area contributed by atoms with E-state index in [1.807, 2.05) is 31.1 Å². The first-order chi connectivity index (χ1) is 11.7. The van der Waals surface area contributed by atoms with E-state index in [-0.39, 0.29) is 4.90 Å². The molecule has 0 fully saturated rings. The minimum absolute atomic E-state index is 0.0308. The Bertz CT molecular complexity index is 878. The highest BCUT2D eigenvalue weighted by molar-refractivity contribution is 7.89. The maximum absolute atomic E-state index is 12.8. The number of ether oxygens (including phenoxy) is 1. The number of hydrogen-bond acceptors (Lipinski definition) is 6. The number of anilines is 1. The van der Waals surface area contributed by atoms with Crippen LogP contribution in [0.2, 0.25) is 0 Å². The van der Waals surface area contributed by atoms with Gasteiger partial charge in [-0.15, -0.1) is 0 Å². The Morgan fingerprint density at radius 3 is 2.32 bits per heavy atom. The molecule has 0 aromatic heterocycles. The molecule has 2 atom stereocenters. The third kappa shape index (κ3) is 3.92. The molecule has 0 unspecified atom stereocenters. The first-order valence-electron chi connectivity index (χ1n) is 7.66. The predicted molar refractivity (Wildman–Crippen MR) is 96.1 cm³/mol. The van der Waals surface area contributed by atoms with Gasteiger partial charge in [-0.3, -0.25) is 4.79 Å². The third-order valence-electron chi connectivity index (χ3n) is 3.85. The molecule has 0 heterocycles. The van der Waals surface area contributed by atoms with Crippen molar-refractivity contribution in [3.63, 3.8) is 0 Å². The summed E-state index contributed by atoms with van der Waals surface area (Å²) in [5.41, 5.74) is 0.870. The summed E-state index contributed by atoms with van der Waals surface area (Å²) >= 11 is 0. The van der Waals surface area contributed by atoms with E-state index in [0.29, 0.717) is 5.39 Å². The monoisotopic (exact) mass is 366 g/mol. The molecule has 0 radical (unpaired) electrons. The van der Waals surface area contributed by atoms with Gasteiger partial charge in [0.05, 0.1) is 18.1 Å². The highest BCUT2D eigenvalue weighted by atomic mass is 32.2. The lowest BCUT2D eigenvalue weighted by atomic mass is 10.1. The predicted octanol–water partition coefficient (Wildman–Crippen LogP) is 1.11. The van der Waals surface area contributed by atoms with Gasteiger partial charge in [-0.25, -0.2) is 8.42 Å². The fraction of sp³-hybridized carbons (Fsp3) is 0.353. The maximum atomic E-state index is 12.8. The summed E-state index contributed by atoms with van der Waals surface area (Å²) in [5.74, 6) is -0.854. The van der Waals surface area contributed by atoms with E-state index in [1.54, 1.807) is 18.2 Å². The zero-order valence-corrected chi connectivity index (χ0v) is 15.4. The summed E-state index contributed by atoms with van der Waals surface area (Å²) in [5, 5.41) is 11.0. The van der Waals surface area contributed by atoms with Crippen LogP contribution in [0.15, 0.2) is 41.3 Å². The summed E-state index contributed by atoms with van der Waals surface area (Å²) < 4.78 is 32.4. The van der Waals surface area contributed by atoms with Gasteiger partial charge in [-0.2, -0.15) is 4.72 Å². The summed E-state index contributed by atoms with van der Waals surface area (Å²) in [4.78, 5) is 13.7. The molecule has 2 aromatic carbocycles. The van der Waals surface area contributed by atoms with E-state index in [1.165, 1.54) is 13.0 Å². The number of rotatable bonds is 6. The SMILES string of the molecule is COC(=O)[C@@H](NS(=O)(=O)c1cccc2c(N(C)C)cccc12)[C@@H](C)O. The van der Waals surface area contributed by atoms with Crippen molar-refractivity contribution in [2.75, 3.05) is 26.1 Å². The van der Waals surface area contributed by atoms with E-state index in [9.17, 15) is 18.3 Å². The normalized spacial score (nSPS) is 14.1. The van der Waals surface area contributed by atoms with Crippen molar-refractivity contribution >= 4 is 32.5 Å². The fourth-order valence-electron chi connectivity index (χ4n) is 2.59. The van der Waals surface area contributed by atoms with E-state index < -0.39 is 28.1 Å². The second kappa shape index (κ2) is 7.38. The minimum atomic E-state index is -4.06.